The van der Waals surface area contributed by atoms with Crippen LogP contribution in [0.4, 0.5) is 0 Å². The molecule has 118 valence electrons. The Hall–Kier alpha value is -1.22. The molecule has 0 amide bonds. The van der Waals surface area contributed by atoms with E-state index in [0.29, 0.717) is 5.75 Å². The minimum Gasteiger partial charge on any atom is -0.497 e. The lowest BCUT2D eigenvalue weighted by molar-refractivity contribution is -0.0970. The van der Waals surface area contributed by atoms with Gasteiger partial charge < -0.3 is 14.6 Å². The summed E-state index contributed by atoms with van der Waals surface area (Å²) in [5, 5.41) is 11.5. The van der Waals surface area contributed by atoms with Crippen LogP contribution in [-0.2, 0) is 5.60 Å². The van der Waals surface area contributed by atoms with Gasteiger partial charge in [-0.2, -0.15) is 0 Å². The molecule has 1 saturated carbocycles. The lowest BCUT2D eigenvalue weighted by Crippen LogP contribution is -2.44. The van der Waals surface area contributed by atoms with Gasteiger partial charge in [0.05, 0.1) is 19.8 Å². The molecule has 0 aromatic heterocycles. The van der Waals surface area contributed by atoms with Gasteiger partial charge in [-0.3, -0.25) is 0 Å². The molecule has 1 aromatic rings. The third-order valence-electron chi connectivity index (χ3n) is 4.80. The van der Waals surface area contributed by atoms with Gasteiger partial charge in [-0.15, -0.1) is 0 Å². The van der Waals surface area contributed by atoms with Crippen LogP contribution in [0.25, 0.3) is 0 Å². The van der Waals surface area contributed by atoms with Gasteiger partial charge in [-0.05, 0) is 36.3 Å². The molecular formula is C18H28O3. The van der Waals surface area contributed by atoms with E-state index in [4.69, 9.17) is 9.47 Å². The van der Waals surface area contributed by atoms with E-state index in [0.717, 1.165) is 30.6 Å². The van der Waals surface area contributed by atoms with Gasteiger partial charge in [0.25, 0.3) is 0 Å². The van der Waals surface area contributed by atoms with E-state index in [1.54, 1.807) is 14.2 Å². The van der Waals surface area contributed by atoms with Crippen molar-refractivity contribution in [3.63, 3.8) is 0 Å². The van der Waals surface area contributed by atoms with Crippen molar-refractivity contribution in [2.45, 2.75) is 52.1 Å². The molecule has 2 unspecified atom stereocenters. The summed E-state index contributed by atoms with van der Waals surface area (Å²) >= 11 is 0. The second kappa shape index (κ2) is 5.88. The third kappa shape index (κ3) is 3.03. The maximum absolute atomic E-state index is 11.5. The van der Waals surface area contributed by atoms with E-state index in [2.05, 4.69) is 20.8 Å². The maximum Gasteiger partial charge on any atom is 0.128 e. The summed E-state index contributed by atoms with van der Waals surface area (Å²) in [7, 11) is 3.29. The fraction of sp³-hybridized carbons (Fsp3) is 0.667. The Morgan fingerprint density at radius 2 is 1.86 bits per heavy atom. The third-order valence-corrected chi connectivity index (χ3v) is 4.80. The highest BCUT2D eigenvalue weighted by Crippen LogP contribution is 2.52. The molecule has 1 fully saturated rings. The average molecular weight is 292 g/mol. The average Bonchev–Trinajstić information content (AvgIpc) is 2.45. The summed E-state index contributed by atoms with van der Waals surface area (Å²) in [4.78, 5) is 0. The molecule has 1 aromatic carbocycles. The number of methoxy groups -OCH3 is 2. The van der Waals surface area contributed by atoms with E-state index in [1.165, 1.54) is 6.42 Å². The second-order valence-corrected chi connectivity index (χ2v) is 7.15. The van der Waals surface area contributed by atoms with Gasteiger partial charge in [0.15, 0.2) is 0 Å². The summed E-state index contributed by atoms with van der Waals surface area (Å²) in [5.74, 6) is 1.69. The number of benzene rings is 1. The minimum atomic E-state index is -0.825. The Bertz CT molecular complexity index is 490. The fourth-order valence-corrected chi connectivity index (χ4v) is 3.78. The van der Waals surface area contributed by atoms with E-state index >= 15 is 0 Å². The van der Waals surface area contributed by atoms with Crippen molar-refractivity contribution in [1.29, 1.82) is 0 Å². The van der Waals surface area contributed by atoms with Crippen molar-refractivity contribution < 1.29 is 14.6 Å². The predicted molar refractivity (Wildman–Crippen MR) is 84.9 cm³/mol. The summed E-state index contributed by atoms with van der Waals surface area (Å²) in [6.07, 6.45) is 4.08. The van der Waals surface area contributed by atoms with Crippen LogP contribution in [0.5, 0.6) is 11.5 Å². The summed E-state index contributed by atoms with van der Waals surface area (Å²) < 4.78 is 10.8. The molecule has 2 atom stereocenters. The predicted octanol–water partition coefficient (Wildman–Crippen LogP) is 4.13. The summed E-state index contributed by atoms with van der Waals surface area (Å²) in [6.45, 7) is 6.64. The van der Waals surface area contributed by atoms with Crippen molar-refractivity contribution >= 4 is 0 Å². The zero-order chi connectivity index (χ0) is 15.7. The Morgan fingerprint density at radius 3 is 2.43 bits per heavy atom. The molecule has 1 N–H and O–H groups in total. The molecule has 3 heteroatoms. The lowest BCUT2D eigenvalue weighted by atomic mass is 9.61. The van der Waals surface area contributed by atoms with Crippen molar-refractivity contribution in [1.82, 2.24) is 0 Å². The molecule has 21 heavy (non-hydrogen) atoms. The molecular weight excluding hydrogens is 264 g/mol. The van der Waals surface area contributed by atoms with Crippen molar-refractivity contribution in [2.24, 2.45) is 11.3 Å². The van der Waals surface area contributed by atoms with Gasteiger partial charge in [-0.25, -0.2) is 0 Å². The van der Waals surface area contributed by atoms with Crippen molar-refractivity contribution in [3.05, 3.63) is 23.8 Å². The first kappa shape index (κ1) is 16.2. The van der Waals surface area contributed by atoms with Gasteiger partial charge in [0.1, 0.15) is 11.5 Å². The smallest absolute Gasteiger partial charge is 0.128 e. The number of hydrogen-bond acceptors (Lipinski definition) is 3. The van der Waals surface area contributed by atoms with E-state index in [9.17, 15) is 5.11 Å². The molecule has 0 bridgehead atoms. The molecule has 1 aliphatic rings. The van der Waals surface area contributed by atoms with Crippen LogP contribution in [0, 0.1) is 11.3 Å². The Labute approximate surface area is 128 Å². The van der Waals surface area contributed by atoms with Crippen LogP contribution >= 0.6 is 0 Å². The number of hydrogen-bond donors (Lipinski definition) is 1. The van der Waals surface area contributed by atoms with Crippen LogP contribution < -0.4 is 9.47 Å². The number of aliphatic hydroxyl groups is 1. The van der Waals surface area contributed by atoms with Crippen LogP contribution in [0.2, 0.25) is 0 Å². The number of ether oxygens (including phenoxy) is 2. The van der Waals surface area contributed by atoms with Crippen molar-refractivity contribution in [3.8, 4) is 11.5 Å². The largest absolute Gasteiger partial charge is 0.497 e. The monoisotopic (exact) mass is 292 g/mol. The SMILES string of the molecule is COc1ccc(C2(O)CCCCC2C(C)(C)C)c(OC)c1. The van der Waals surface area contributed by atoms with Gasteiger partial charge in [-0.1, -0.05) is 33.6 Å². The minimum absolute atomic E-state index is 0.0557. The van der Waals surface area contributed by atoms with Gasteiger partial charge >= 0.3 is 0 Å². The molecule has 0 saturated heterocycles. The Balaban J connectivity index is 2.50. The highest BCUT2D eigenvalue weighted by Gasteiger charge is 2.47. The first-order valence-corrected chi connectivity index (χ1v) is 7.78. The molecule has 3 nitrogen and oxygen atoms in total. The normalized spacial score (nSPS) is 26.5. The quantitative estimate of drug-likeness (QED) is 0.910. The van der Waals surface area contributed by atoms with Crippen LogP contribution in [-0.4, -0.2) is 19.3 Å². The molecule has 0 heterocycles. The number of rotatable bonds is 3. The van der Waals surface area contributed by atoms with Gasteiger partial charge in [0, 0.05) is 11.6 Å². The highest BCUT2D eigenvalue weighted by atomic mass is 16.5. The molecule has 0 spiro atoms. The first-order valence-electron chi connectivity index (χ1n) is 7.78. The highest BCUT2D eigenvalue weighted by molar-refractivity contribution is 5.44. The van der Waals surface area contributed by atoms with Gasteiger partial charge in [0.2, 0.25) is 0 Å². The lowest BCUT2D eigenvalue weighted by Gasteiger charge is -2.47. The second-order valence-electron chi connectivity index (χ2n) is 7.15. The van der Waals surface area contributed by atoms with Crippen LogP contribution in [0.15, 0.2) is 18.2 Å². The zero-order valence-corrected chi connectivity index (χ0v) is 13.9. The van der Waals surface area contributed by atoms with Crippen molar-refractivity contribution in [2.75, 3.05) is 14.2 Å². The standard InChI is InChI=1S/C18H28O3/c1-17(2,3)16-8-6-7-11-18(16,19)14-10-9-13(20-4)12-15(14)21-5/h9-10,12,16,19H,6-8,11H2,1-5H3. The topological polar surface area (TPSA) is 38.7 Å². The first-order chi connectivity index (χ1) is 9.82. The summed E-state index contributed by atoms with van der Waals surface area (Å²) in [5.41, 5.74) is 0.124. The van der Waals surface area contributed by atoms with E-state index in [1.807, 2.05) is 18.2 Å². The molecule has 0 radical (unpaired) electrons. The Kier molecular flexibility index (Phi) is 4.52. The van der Waals surface area contributed by atoms with Crippen LogP contribution in [0.1, 0.15) is 52.0 Å². The van der Waals surface area contributed by atoms with E-state index < -0.39 is 5.60 Å². The fourth-order valence-electron chi connectivity index (χ4n) is 3.78. The molecule has 0 aliphatic heterocycles. The van der Waals surface area contributed by atoms with E-state index in [-0.39, 0.29) is 11.3 Å². The summed E-state index contributed by atoms with van der Waals surface area (Å²) in [6, 6.07) is 5.73. The maximum atomic E-state index is 11.5. The molecule has 2 rings (SSSR count). The zero-order valence-electron chi connectivity index (χ0n) is 13.9. The molecule has 1 aliphatic carbocycles. The van der Waals surface area contributed by atoms with Crippen LogP contribution in [0.3, 0.4) is 0 Å². The Morgan fingerprint density at radius 1 is 1.14 bits per heavy atom.